The number of anilines is 2. The zero-order valence-corrected chi connectivity index (χ0v) is 15.4. The van der Waals surface area contributed by atoms with Crippen LogP contribution in [0.4, 0.5) is 16.0 Å². The van der Waals surface area contributed by atoms with Crippen LogP contribution in [-0.4, -0.2) is 52.7 Å². The van der Waals surface area contributed by atoms with E-state index in [9.17, 15) is 19.2 Å². The standard InChI is InChI=1S/C16H27FN6O3/c1-4-6-7-8-12(10-23(26)11-24)15(25)20-21-16-18-9-13(14(17)19-16)22(3)5-2/h9,11-12,26H,4-8,10H2,1-3H3,(H,20,25)(H,18,19,21)/t12-/m0/s1. The molecule has 1 atom stereocenters. The highest BCUT2D eigenvalue weighted by atomic mass is 19.1. The monoisotopic (exact) mass is 370 g/mol. The van der Waals surface area contributed by atoms with Gasteiger partial charge in [-0.25, -0.2) is 10.0 Å². The maximum absolute atomic E-state index is 14.0. The van der Waals surface area contributed by atoms with Crippen LogP contribution in [0.5, 0.6) is 0 Å². The van der Waals surface area contributed by atoms with E-state index in [1.165, 1.54) is 6.20 Å². The number of hydrazine groups is 1. The first-order valence-corrected chi connectivity index (χ1v) is 8.63. The summed E-state index contributed by atoms with van der Waals surface area (Å²) in [5.41, 5.74) is 5.11. The maximum atomic E-state index is 14.0. The molecule has 0 bridgehead atoms. The van der Waals surface area contributed by atoms with Crippen molar-refractivity contribution in [1.82, 2.24) is 20.5 Å². The quantitative estimate of drug-likeness (QED) is 0.168. The lowest BCUT2D eigenvalue weighted by Crippen LogP contribution is -2.40. The molecule has 0 radical (unpaired) electrons. The number of rotatable bonds is 12. The second-order valence-corrected chi connectivity index (χ2v) is 5.92. The Hall–Kier alpha value is -2.49. The van der Waals surface area contributed by atoms with Crippen molar-refractivity contribution in [1.29, 1.82) is 0 Å². The maximum Gasteiger partial charge on any atom is 0.244 e. The van der Waals surface area contributed by atoms with Crippen LogP contribution in [0.25, 0.3) is 0 Å². The Morgan fingerprint density at radius 3 is 2.73 bits per heavy atom. The molecule has 1 aromatic rings. The van der Waals surface area contributed by atoms with E-state index in [4.69, 9.17) is 0 Å². The Morgan fingerprint density at radius 2 is 2.15 bits per heavy atom. The lowest BCUT2D eigenvalue weighted by molar-refractivity contribution is -0.154. The number of hydroxylamine groups is 2. The van der Waals surface area contributed by atoms with Gasteiger partial charge in [0.15, 0.2) is 0 Å². The average Bonchev–Trinajstić information content (AvgIpc) is 2.64. The van der Waals surface area contributed by atoms with Crippen molar-refractivity contribution in [3.63, 3.8) is 0 Å². The minimum atomic E-state index is -0.705. The van der Waals surface area contributed by atoms with Gasteiger partial charge in [0, 0.05) is 13.6 Å². The minimum absolute atomic E-state index is 0.0901. The number of hydrogen-bond donors (Lipinski definition) is 3. The van der Waals surface area contributed by atoms with Gasteiger partial charge in [0.2, 0.25) is 24.2 Å². The zero-order chi connectivity index (χ0) is 19.5. The van der Waals surface area contributed by atoms with Gasteiger partial charge in [0.05, 0.1) is 18.7 Å². The minimum Gasteiger partial charge on any atom is -0.370 e. The molecular weight excluding hydrogens is 343 g/mol. The fraction of sp³-hybridized carbons (Fsp3) is 0.625. The number of nitrogens with zero attached hydrogens (tertiary/aromatic N) is 4. The van der Waals surface area contributed by atoms with E-state index < -0.39 is 17.8 Å². The predicted octanol–water partition coefficient (Wildman–Crippen LogP) is 1.56. The van der Waals surface area contributed by atoms with Crippen molar-refractivity contribution in [2.24, 2.45) is 5.92 Å². The molecule has 1 aromatic heterocycles. The molecule has 146 valence electrons. The summed E-state index contributed by atoms with van der Waals surface area (Å²) >= 11 is 0. The summed E-state index contributed by atoms with van der Waals surface area (Å²) < 4.78 is 14.0. The van der Waals surface area contributed by atoms with Crippen LogP contribution in [0, 0.1) is 11.9 Å². The van der Waals surface area contributed by atoms with Gasteiger partial charge in [-0.15, -0.1) is 0 Å². The molecule has 2 amide bonds. The summed E-state index contributed by atoms with van der Waals surface area (Å²) in [5.74, 6) is -1.85. The molecule has 0 fully saturated rings. The fourth-order valence-corrected chi connectivity index (χ4v) is 2.28. The largest absolute Gasteiger partial charge is 0.370 e. The number of nitrogens with one attached hydrogen (secondary N) is 2. The summed E-state index contributed by atoms with van der Waals surface area (Å²) in [6.07, 6.45) is 4.77. The molecule has 3 N–H and O–H groups in total. The van der Waals surface area contributed by atoms with E-state index >= 15 is 0 Å². The van der Waals surface area contributed by atoms with Crippen LogP contribution in [0.15, 0.2) is 6.20 Å². The van der Waals surface area contributed by atoms with Gasteiger partial charge >= 0.3 is 0 Å². The molecule has 26 heavy (non-hydrogen) atoms. The Balaban J connectivity index is 2.67. The van der Waals surface area contributed by atoms with Crippen LogP contribution in [0.2, 0.25) is 0 Å². The Labute approximate surface area is 152 Å². The molecule has 0 aliphatic heterocycles. The fourth-order valence-electron chi connectivity index (χ4n) is 2.28. The van der Waals surface area contributed by atoms with Gasteiger partial charge in [-0.3, -0.25) is 25.6 Å². The molecule has 0 saturated carbocycles. The summed E-state index contributed by atoms with van der Waals surface area (Å²) in [6, 6.07) is 0. The van der Waals surface area contributed by atoms with Gasteiger partial charge in [-0.05, 0) is 13.3 Å². The third kappa shape index (κ3) is 6.79. The van der Waals surface area contributed by atoms with E-state index in [-0.39, 0.29) is 24.6 Å². The van der Waals surface area contributed by atoms with Crippen LogP contribution in [0.3, 0.4) is 0 Å². The Kier molecular flexibility index (Phi) is 9.27. The van der Waals surface area contributed by atoms with Crippen molar-refractivity contribution >= 4 is 24.0 Å². The predicted molar refractivity (Wildman–Crippen MR) is 94.9 cm³/mol. The number of hydrogen-bond acceptors (Lipinski definition) is 7. The zero-order valence-electron chi connectivity index (χ0n) is 15.4. The molecule has 0 spiro atoms. The summed E-state index contributed by atoms with van der Waals surface area (Å²) in [5, 5.41) is 9.78. The number of unbranched alkanes of at least 4 members (excludes halogenated alkanes) is 2. The van der Waals surface area contributed by atoms with E-state index in [1.807, 2.05) is 13.8 Å². The smallest absolute Gasteiger partial charge is 0.244 e. The Bertz CT molecular complexity index is 589. The first kappa shape index (κ1) is 21.6. The molecular formula is C16H27FN6O3. The van der Waals surface area contributed by atoms with Gasteiger partial charge in [-0.1, -0.05) is 26.2 Å². The van der Waals surface area contributed by atoms with Crippen LogP contribution < -0.4 is 15.8 Å². The highest BCUT2D eigenvalue weighted by molar-refractivity contribution is 5.80. The molecule has 1 heterocycles. The third-order valence-electron chi connectivity index (χ3n) is 3.96. The molecule has 0 aromatic carbocycles. The molecule has 10 heteroatoms. The SMILES string of the molecule is CCCCC[C@@H](CN(O)C=O)C(=O)NNc1ncc(N(C)CC)c(F)n1. The molecule has 0 aliphatic carbocycles. The van der Waals surface area contributed by atoms with Gasteiger partial charge < -0.3 is 4.90 Å². The van der Waals surface area contributed by atoms with E-state index in [2.05, 4.69) is 20.8 Å². The number of aromatic nitrogens is 2. The normalized spacial score (nSPS) is 11.6. The summed E-state index contributed by atoms with van der Waals surface area (Å²) in [7, 11) is 1.71. The second-order valence-electron chi connectivity index (χ2n) is 5.92. The number of amides is 2. The van der Waals surface area contributed by atoms with E-state index in [0.29, 0.717) is 18.0 Å². The summed E-state index contributed by atoms with van der Waals surface area (Å²) in [4.78, 5) is 32.1. The molecule has 1 rings (SSSR count). The first-order valence-electron chi connectivity index (χ1n) is 8.63. The van der Waals surface area contributed by atoms with E-state index in [0.717, 1.165) is 19.3 Å². The topological polar surface area (TPSA) is 111 Å². The van der Waals surface area contributed by atoms with Crippen molar-refractivity contribution < 1.29 is 19.2 Å². The van der Waals surface area contributed by atoms with Crippen molar-refractivity contribution in [3.05, 3.63) is 12.1 Å². The third-order valence-corrected chi connectivity index (χ3v) is 3.96. The number of carbonyl (C=O) groups is 2. The van der Waals surface area contributed by atoms with Crippen LogP contribution in [-0.2, 0) is 9.59 Å². The first-order chi connectivity index (χ1) is 12.4. The van der Waals surface area contributed by atoms with Crippen molar-refractivity contribution in [2.75, 3.05) is 30.5 Å². The summed E-state index contributed by atoms with van der Waals surface area (Å²) in [6.45, 7) is 4.37. The van der Waals surface area contributed by atoms with Crippen molar-refractivity contribution in [3.8, 4) is 0 Å². The lowest BCUT2D eigenvalue weighted by Gasteiger charge is -2.20. The second kappa shape index (κ2) is 11.2. The Morgan fingerprint density at radius 1 is 1.42 bits per heavy atom. The van der Waals surface area contributed by atoms with Gasteiger partial charge in [0.25, 0.3) is 0 Å². The van der Waals surface area contributed by atoms with Gasteiger partial charge in [-0.2, -0.15) is 9.37 Å². The van der Waals surface area contributed by atoms with Crippen LogP contribution >= 0.6 is 0 Å². The van der Waals surface area contributed by atoms with E-state index in [1.54, 1.807) is 11.9 Å². The number of halogens is 1. The average molecular weight is 370 g/mol. The lowest BCUT2D eigenvalue weighted by atomic mass is 10.0. The van der Waals surface area contributed by atoms with Crippen LogP contribution in [0.1, 0.15) is 39.5 Å². The molecule has 0 aliphatic rings. The number of carbonyl (C=O) groups excluding carboxylic acids is 2. The molecule has 0 saturated heterocycles. The highest BCUT2D eigenvalue weighted by Crippen LogP contribution is 2.16. The van der Waals surface area contributed by atoms with Gasteiger partial charge in [0.1, 0.15) is 5.69 Å². The van der Waals surface area contributed by atoms with Crippen molar-refractivity contribution in [2.45, 2.75) is 39.5 Å². The molecule has 9 nitrogen and oxygen atoms in total. The highest BCUT2D eigenvalue weighted by Gasteiger charge is 2.21. The molecule has 0 unspecified atom stereocenters.